The first kappa shape index (κ1) is 71.8. The van der Waals surface area contributed by atoms with Crippen LogP contribution in [0.5, 0.6) is 0 Å². The molecule has 0 saturated carbocycles. The van der Waals surface area contributed by atoms with Gasteiger partial charge in [-0.15, -0.1) is 0 Å². The summed E-state index contributed by atoms with van der Waals surface area (Å²) in [5, 5.41) is 0. The third-order valence-corrected chi connectivity index (χ3v) is 14.2. The smallest absolute Gasteiger partial charge is 0.306 e. The van der Waals surface area contributed by atoms with Crippen LogP contribution in [0.25, 0.3) is 0 Å². The Morgan fingerprint density at radius 1 is 0.280 bits per heavy atom. The Morgan fingerprint density at radius 2 is 0.520 bits per heavy atom. The van der Waals surface area contributed by atoms with Crippen molar-refractivity contribution < 1.29 is 28.6 Å². The summed E-state index contributed by atoms with van der Waals surface area (Å²) in [4.78, 5) is 38.3. The number of carbonyl (C=O) groups is 3. The van der Waals surface area contributed by atoms with Gasteiger partial charge in [0.05, 0.1) is 0 Å². The Hall–Kier alpha value is -3.15. The maximum Gasteiger partial charge on any atom is 0.306 e. The Morgan fingerprint density at radius 3 is 0.840 bits per heavy atom. The van der Waals surface area contributed by atoms with E-state index in [1.165, 1.54) is 193 Å². The second-order valence-corrected chi connectivity index (χ2v) is 21.6. The quantitative estimate of drug-likeness (QED) is 0.0261. The number of hydrogen-bond acceptors (Lipinski definition) is 6. The molecule has 0 amide bonds. The van der Waals surface area contributed by atoms with Gasteiger partial charge in [0, 0.05) is 19.3 Å². The topological polar surface area (TPSA) is 78.9 Å². The minimum absolute atomic E-state index is 0.0759. The molecular formula is C69H122O6. The van der Waals surface area contributed by atoms with Crippen molar-refractivity contribution in [3.8, 4) is 0 Å². The zero-order valence-corrected chi connectivity index (χ0v) is 49.8. The number of hydrogen-bond donors (Lipinski definition) is 0. The number of esters is 3. The average Bonchev–Trinajstić information content (AvgIpc) is 3.41. The highest BCUT2D eigenvalue weighted by Crippen LogP contribution is 2.17. The van der Waals surface area contributed by atoms with Crippen LogP contribution in [0.2, 0.25) is 0 Å². The predicted octanol–water partition coefficient (Wildman–Crippen LogP) is 22.1. The largest absolute Gasteiger partial charge is 0.462 e. The Labute approximate surface area is 465 Å². The Bertz CT molecular complexity index is 1390. The molecule has 6 nitrogen and oxygen atoms in total. The molecule has 0 aliphatic heterocycles. The van der Waals surface area contributed by atoms with Crippen molar-refractivity contribution in [3.05, 3.63) is 72.9 Å². The molecular weight excluding hydrogens is 925 g/mol. The number of carbonyl (C=O) groups excluding carboxylic acids is 3. The lowest BCUT2D eigenvalue weighted by Crippen LogP contribution is -2.30. The third-order valence-electron chi connectivity index (χ3n) is 14.2. The highest BCUT2D eigenvalue weighted by Gasteiger charge is 2.19. The van der Waals surface area contributed by atoms with Crippen LogP contribution in [0.1, 0.15) is 329 Å². The van der Waals surface area contributed by atoms with E-state index in [0.717, 1.165) is 96.3 Å². The maximum absolute atomic E-state index is 12.9. The summed E-state index contributed by atoms with van der Waals surface area (Å²) in [5.41, 5.74) is 0. The van der Waals surface area contributed by atoms with E-state index in [1.807, 2.05) is 0 Å². The maximum atomic E-state index is 12.9. The van der Waals surface area contributed by atoms with Crippen molar-refractivity contribution >= 4 is 17.9 Å². The SMILES string of the molecule is CC/C=C\C/C=C\C/C=C\C/C=C\C/C=C\CCCCCCCCCCCCCC(=O)OCC(COC(=O)CCCCCCC/C=C\CCCCCC)OC(=O)CCCCCCCCCCCCCCCCCCC. The molecule has 0 heterocycles. The number of rotatable bonds is 59. The lowest BCUT2D eigenvalue weighted by Gasteiger charge is -2.18. The molecule has 1 unspecified atom stereocenters. The van der Waals surface area contributed by atoms with Crippen LogP contribution < -0.4 is 0 Å². The average molecular weight is 1050 g/mol. The Balaban J connectivity index is 4.27. The minimum atomic E-state index is -0.778. The van der Waals surface area contributed by atoms with Gasteiger partial charge in [0.1, 0.15) is 13.2 Å². The highest BCUT2D eigenvalue weighted by molar-refractivity contribution is 5.71. The number of ether oxygens (including phenoxy) is 3. The molecule has 0 N–H and O–H groups in total. The molecule has 0 bridgehead atoms. The van der Waals surface area contributed by atoms with Crippen LogP contribution >= 0.6 is 0 Å². The first-order chi connectivity index (χ1) is 37.0. The molecule has 1 atom stereocenters. The predicted molar refractivity (Wildman–Crippen MR) is 325 cm³/mol. The fraction of sp³-hybridized carbons (Fsp3) is 0.783. The third kappa shape index (κ3) is 61.6. The van der Waals surface area contributed by atoms with E-state index < -0.39 is 6.10 Å². The number of allylic oxidation sites excluding steroid dienone is 12. The highest BCUT2D eigenvalue weighted by atomic mass is 16.6. The molecule has 0 saturated heterocycles. The van der Waals surface area contributed by atoms with Gasteiger partial charge in [-0.1, -0.05) is 293 Å². The van der Waals surface area contributed by atoms with Crippen molar-refractivity contribution in [2.45, 2.75) is 335 Å². The molecule has 0 aromatic heterocycles. The summed E-state index contributed by atoms with van der Waals surface area (Å²) in [6.45, 7) is 6.55. The van der Waals surface area contributed by atoms with Crippen molar-refractivity contribution in [1.29, 1.82) is 0 Å². The molecule has 0 aliphatic carbocycles. The van der Waals surface area contributed by atoms with Crippen LogP contribution in [0, 0.1) is 0 Å². The van der Waals surface area contributed by atoms with Crippen molar-refractivity contribution in [3.63, 3.8) is 0 Å². The van der Waals surface area contributed by atoms with E-state index in [2.05, 4.69) is 93.7 Å². The molecule has 0 aromatic rings. The zero-order chi connectivity index (χ0) is 54.3. The van der Waals surface area contributed by atoms with E-state index in [0.29, 0.717) is 19.3 Å². The van der Waals surface area contributed by atoms with E-state index in [-0.39, 0.29) is 31.1 Å². The van der Waals surface area contributed by atoms with Crippen LogP contribution in [0.4, 0.5) is 0 Å². The van der Waals surface area contributed by atoms with Crippen LogP contribution in [-0.4, -0.2) is 37.2 Å². The molecule has 0 aliphatic rings. The molecule has 0 radical (unpaired) electrons. The molecule has 75 heavy (non-hydrogen) atoms. The van der Waals surface area contributed by atoms with Crippen LogP contribution in [0.3, 0.4) is 0 Å². The molecule has 0 fully saturated rings. The van der Waals surface area contributed by atoms with E-state index >= 15 is 0 Å². The van der Waals surface area contributed by atoms with Crippen molar-refractivity contribution in [2.75, 3.05) is 13.2 Å². The van der Waals surface area contributed by atoms with Gasteiger partial charge in [-0.3, -0.25) is 14.4 Å². The molecule has 6 heteroatoms. The molecule has 0 rings (SSSR count). The Kier molecular flexibility index (Phi) is 60.7. The fourth-order valence-corrected chi connectivity index (χ4v) is 9.35. The van der Waals surface area contributed by atoms with E-state index in [9.17, 15) is 14.4 Å². The van der Waals surface area contributed by atoms with Crippen molar-refractivity contribution in [1.82, 2.24) is 0 Å². The second-order valence-electron chi connectivity index (χ2n) is 21.6. The fourth-order valence-electron chi connectivity index (χ4n) is 9.35. The van der Waals surface area contributed by atoms with Crippen LogP contribution in [-0.2, 0) is 28.6 Å². The zero-order valence-electron chi connectivity index (χ0n) is 49.8. The van der Waals surface area contributed by atoms with E-state index in [4.69, 9.17) is 14.2 Å². The number of unbranched alkanes of at least 4 members (excludes halogenated alkanes) is 36. The second kappa shape index (κ2) is 63.4. The molecule has 0 aromatic carbocycles. The first-order valence-corrected chi connectivity index (χ1v) is 32.4. The lowest BCUT2D eigenvalue weighted by atomic mass is 10.0. The molecule has 0 spiro atoms. The standard InChI is InChI=1S/C69H122O6/c1-4-7-10-13-16-19-22-25-27-29-30-31-32-33-34-35-36-37-38-40-41-44-47-50-53-56-59-62-68(71)74-65-66(64-73-67(70)61-58-55-52-49-46-43-24-21-18-15-12-9-6-3)75-69(72)63-60-57-54-51-48-45-42-39-28-26-23-20-17-14-11-8-5-2/h7,10,16,19,21,24-25,27,30-31,33-34,66H,4-6,8-9,11-15,17-18,20,22-23,26,28-29,32,35-65H2,1-3H3/b10-7-,19-16-,24-21-,27-25-,31-30-,34-33-. The summed E-state index contributed by atoms with van der Waals surface area (Å²) in [5.74, 6) is -0.870. The summed E-state index contributed by atoms with van der Waals surface area (Å²) in [6.07, 6.45) is 81.9. The summed E-state index contributed by atoms with van der Waals surface area (Å²) in [7, 11) is 0. The van der Waals surface area contributed by atoms with E-state index in [1.54, 1.807) is 0 Å². The van der Waals surface area contributed by atoms with Gasteiger partial charge in [-0.2, -0.15) is 0 Å². The van der Waals surface area contributed by atoms with Crippen molar-refractivity contribution in [2.24, 2.45) is 0 Å². The lowest BCUT2D eigenvalue weighted by molar-refractivity contribution is -0.167. The van der Waals surface area contributed by atoms with Gasteiger partial charge in [0.2, 0.25) is 0 Å². The normalized spacial score (nSPS) is 12.5. The molecule has 434 valence electrons. The van der Waals surface area contributed by atoms with Gasteiger partial charge < -0.3 is 14.2 Å². The summed E-state index contributed by atoms with van der Waals surface area (Å²) in [6, 6.07) is 0. The summed E-state index contributed by atoms with van der Waals surface area (Å²) < 4.78 is 16.9. The van der Waals surface area contributed by atoms with Gasteiger partial charge in [-0.05, 0) is 89.9 Å². The van der Waals surface area contributed by atoms with Gasteiger partial charge in [0.15, 0.2) is 6.10 Å². The van der Waals surface area contributed by atoms with Gasteiger partial charge >= 0.3 is 17.9 Å². The summed E-state index contributed by atoms with van der Waals surface area (Å²) >= 11 is 0. The first-order valence-electron chi connectivity index (χ1n) is 32.4. The minimum Gasteiger partial charge on any atom is -0.462 e. The monoisotopic (exact) mass is 1050 g/mol. The van der Waals surface area contributed by atoms with Gasteiger partial charge in [-0.25, -0.2) is 0 Å². The van der Waals surface area contributed by atoms with Gasteiger partial charge in [0.25, 0.3) is 0 Å². The van der Waals surface area contributed by atoms with Crippen LogP contribution in [0.15, 0.2) is 72.9 Å².